The number of anilines is 1. The van der Waals surface area contributed by atoms with Gasteiger partial charge in [0.15, 0.2) is 0 Å². The molecule has 0 saturated carbocycles. The highest BCUT2D eigenvalue weighted by Crippen LogP contribution is 2.36. The summed E-state index contributed by atoms with van der Waals surface area (Å²) in [5.74, 6) is 0.0847. The van der Waals surface area contributed by atoms with Crippen LogP contribution in [0.2, 0.25) is 0 Å². The molecule has 2 aliphatic heterocycles. The molecule has 0 spiro atoms. The van der Waals surface area contributed by atoms with E-state index in [9.17, 15) is 28.1 Å². The van der Waals surface area contributed by atoms with Crippen molar-refractivity contribution in [3.63, 3.8) is 0 Å². The summed E-state index contributed by atoms with van der Waals surface area (Å²) < 4.78 is 38.5. The summed E-state index contributed by atoms with van der Waals surface area (Å²) in [6.07, 6.45) is -2.58. The fraction of sp³-hybridized carbons (Fsp3) is 0.588. The Hall–Kier alpha value is -2.36. The van der Waals surface area contributed by atoms with Gasteiger partial charge in [-0.05, 0) is 25.0 Å². The number of piperazine rings is 1. The van der Waals surface area contributed by atoms with E-state index in [2.05, 4.69) is 0 Å². The van der Waals surface area contributed by atoms with Crippen LogP contribution in [0.5, 0.6) is 0 Å². The Morgan fingerprint density at radius 1 is 1.07 bits per heavy atom. The summed E-state index contributed by atoms with van der Waals surface area (Å²) in [4.78, 5) is 28.2. The molecule has 0 bridgehead atoms. The summed E-state index contributed by atoms with van der Waals surface area (Å²) >= 11 is 0. The van der Waals surface area contributed by atoms with E-state index in [1.807, 2.05) is 9.80 Å². The molecule has 0 aromatic heterocycles. The lowest BCUT2D eigenvalue weighted by molar-refractivity contribution is -0.384. The normalized spacial score (nSPS) is 18.8. The van der Waals surface area contributed by atoms with Gasteiger partial charge in [0, 0.05) is 45.3 Å². The summed E-state index contributed by atoms with van der Waals surface area (Å²) in [6.45, 7) is 3.77. The number of halogens is 3. The Kier molecular flexibility index (Phi) is 5.54. The molecule has 2 fully saturated rings. The van der Waals surface area contributed by atoms with Crippen molar-refractivity contribution in [2.45, 2.75) is 19.0 Å². The topological polar surface area (TPSA) is 69.9 Å². The van der Waals surface area contributed by atoms with E-state index in [4.69, 9.17) is 0 Å². The predicted molar refractivity (Wildman–Crippen MR) is 92.6 cm³/mol. The van der Waals surface area contributed by atoms with Crippen molar-refractivity contribution in [1.29, 1.82) is 0 Å². The fourth-order valence-corrected chi connectivity index (χ4v) is 3.52. The lowest BCUT2D eigenvalue weighted by Crippen LogP contribution is -2.50. The minimum Gasteiger partial charge on any atom is -0.363 e. The summed E-state index contributed by atoms with van der Waals surface area (Å²) in [7, 11) is 0. The highest BCUT2D eigenvalue weighted by Gasteiger charge is 2.34. The van der Waals surface area contributed by atoms with Crippen LogP contribution in [0.1, 0.15) is 18.4 Å². The molecule has 2 aliphatic rings. The number of alkyl halides is 3. The third kappa shape index (κ3) is 4.49. The van der Waals surface area contributed by atoms with E-state index in [0.29, 0.717) is 38.8 Å². The van der Waals surface area contributed by atoms with Crippen molar-refractivity contribution in [3.05, 3.63) is 33.9 Å². The first-order chi connectivity index (χ1) is 12.8. The third-order valence-corrected chi connectivity index (χ3v) is 5.03. The number of rotatable bonds is 4. The second-order valence-corrected chi connectivity index (χ2v) is 6.81. The van der Waals surface area contributed by atoms with Gasteiger partial charge in [0.2, 0.25) is 5.91 Å². The maximum atomic E-state index is 12.8. The SMILES string of the molecule is O=C(CN1CCN(c2ccc(C(F)(F)F)cc2[N+](=O)[O-])CC1)N1CCCC1. The van der Waals surface area contributed by atoms with Crippen LogP contribution in [0.15, 0.2) is 18.2 Å². The predicted octanol–water partition coefficient (Wildman–Crippen LogP) is 2.36. The molecule has 2 saturated heterocycles. The third-order valence-electron chi connectivity index (χ3n) is 5.03. The first-order valence-corrected chi connectivity index (χ1v) is 8.86. The van der Waals surface area contributed by atoms with E-state index >= 15 is 0 Å². The number of carbonyl (C=O) groups excluding carboxylic acids is 1. The molecule has 1 aromatic rings. The average molecular weight is 386 g/mol. The molecule has 1 aromatic carbocycles. The van der Waals surface area contributed by atoms with Crippen LogP contribution in [0, 0.1) is 10.1 Å². The Morgan fingerprint density at radius 2 is 1.70 bits per heavy atom. The zero-order valence-electron chi connectivity index (χ0n) is 14.7. The van der Waals surface area contributed by atoms with Gasteiger partial charge in [0.1, 0.15) is 5.69 Å². The molecule has 27 heavy (non-hydrogen) atoms. The van der Waals surface area contributed by atoms with E-state index < -0.39 is 22.4 Å². The van der Waals surface area contributed by atoms with Crippen molar-refractivity contribution in [2.24, 2.45) is 0 Å². The monoisotopic (exact) mass is 386 g/mol. The number of hydrogen-bond acceptors (Lipinski definition) is 5. The number of nitrogens with zero attached hydrogens (tertiary/aromatic N) is 4. The maximum absolute atomic E-state index is 12.8. The van der Waals surface area contributed by atoms with Gasteiger partial charge in [0.05, 0.1) is 17.0 Å². The first-order valence-electron chi connectivity index (χ1n) is 8.86. The smallest absolute Gasteiger partial charge is 0.363 e. The maximum Gasteiger partial charge on any atom is 0.416 e. The van der Waals surface area contributed by atoms with E-state index in [1.165, 1.54) is 0 Å². The molecule has 10 heteroatoms. The van der Waals surface area contributed by atoms with Gasteiger partial charge in [-0.2, -0.15) is 13.2 Å². The van der Waals surface area contributed by atoms with Crippen LogP contribution >= 0.6 is 0 Å². The van der Waals surface area contributed by atoms with Crippen molar-refractivity contribution >= 4 is 17.3 Å². The molecule has 0 radical (unpaired) electrons. The average Bonchev–Trinajstić information content (AvgIpc) is 3.16. The van der Waals surface area contributed by atoms with Crippen LogP contribution in [-0.2, 0) is 11.0 Å². The lowest BCUT2D eigenvalue weighted by Gasteiger charge is -2.36. The minimum absolute atomic E-state index is 0.0847. The molecule has 2 heterocycles. The van der Waals surface area contributed by atoms with Crippen LogP contribution in [0.25, 0.3) is 0 Å². The highest BCUT2D eigenvalue weighted by molar-refractivity contribution is 5.78. The van der Waals surface area contributed by atoms with E-state index in [0.717, 1.165) is 38.1 Å². The molecule has 148 valence electrons. The lowest BCUT2D eigenvalue weighted by atomic mass is 10.1. The molecular formula is C17H21F3N4O3. The van der Waals surface area contributed by atoms with Crippen LogP contribution in [0.3, 0.4) is 0 Å². The molecule has 0 aliphatic carbocycles. The van der Waals surface area contributed by atoms with Crippen molar-refractivity contribution in [3.8, 4) is 0 Å². The summed E-state index contributed by atoms with van der Waals surface area (Å²) in [6, 6.07) is 2.61. The van der Waals surface area contributed by atoms with Gasteiger partial charge >= 0.3 is 6.18 Å². The summed E-state index contributed by atoms with van der Waals surface area (Å²) in [5, 5.41) is 11.3. The van der Waals surface area contributed by atoms with Gasteiger partial charge in [0.25, 0.3) is 5.69 Å². The van der Waals surface area contributed by atoms with Gasteiger partial charge in [-0.15, -0.1) is 0 Å². The molecule has 3 rings (SSSR count). The van der Waals surface area contributed by atoms with Crippen molar-refractivity contribution < 1.29 is 22.9 Å². The second-order valence-electron chi connectivity index (χ2n) is 6.81. The first kappa shape index (κ1) is 19.4. The molecule has 1 amide bonds. The van der Waals surface area contributed by atoms with Crippen LogP contribution < -0.4 is 4.90 Å². The van der Waals surface area contributed by atoms with Gasteiger partial charge in [-0.1, -0.05) is 0 Å². The van der Waals surface area contributed by atoms with Crippen molar-refractivity contribution in [1.82, 2.24) is 9.80 Å². The molecule has 0 atom stereocenters. The van der Waals surface area contributed by atoms with Gasteiger partial charge in [-0.3, -0.25) is 19.8 Å². The van der Waals surface area contributed by atoms with Gasteiger partial charge < -0.3 is 9.80 Å². The fourth-order valence-electron chi connectivity index (χ4n) is 3.52. The number of amides is 1. The van der Waals surface area contributed by atoms with Crippen molar-refractivity contribution in [2.75, 3.05) is 50.7 Å². The number of benzene rings is 1. The van der Waals surface area contributed by atoms with Crippen LogP contribution in [-0.4, -0.2) is 66.4 Å². The highest BCUT2D eigenvalue weighted by atomic mass is 19.4. The van der Waals surface area contributed by atoms with Gasteiger partial charge in [-0.25, -0.2) is 0 Å². The Bertz CT molecular complexity index is 712. The molecule has 0 unspecified atom stereocenters. The molecule has 0 N–H and O–H groups in total. The van der Waals surface area contributed by atoms with E-state index in [-0.39, 0.29) is 11.6 Å². The van der Waals surface area contributed by atoms with Crippen LogP contribution in [0.4, 0.5) is 24.5 Å². The summed E-state index contributed by atoms with van der Waals surface area (Å²) in [5.41, 5.74) is -1.40. The van der Waals surface area contributed by atoms with E-state index in [1.54, 1.807) is 4.90 Å². The second kappa shape index (κ2) is 7.71. The Morgan fingerprint density at radius 3 is 2.26 bits per heavy atom. The Balaban J connectivity index is 1.65. The number of hydrogen-bond donors (Lipinski definition) is 0. The largest absolute Gasteiger partial charge is 0.416 e. The quantitative estimate of drug-likeness (QED) is 0.587. The standard InChI is InChI=1S/C17H21F3N4O3/c18-17(19,20)13-3-4-14(15(11-13)24(26)27)22-9-7-21(8-10-22)12-16(25)23-5-1-2-6-23/h3-4,11H,1-2,5-10,12H2. The molecule has 7 nitrogen and oxygen atoms in total. The zero-order chi connectivity index (χ0) is 19.6. The minimum atomic E-state index is -4.63. The zero-order valence-corrected chi connectivity index (χ0v) is 14.7. The number of nitro benzene ring substituents is 1. The Labute approximate surface area is 154 Å². The number of carbonyl (C=O) groups is 1. The molecular weight excluding hydrogens is 365 g/mol. The number of nitro groups is 1. The number of likely N-dealkylation sites (tertiary alicyclic amines) is 1.